The Morgan fingerprint density at radius 1 is 1.17 bits per heavy atom. The fourth-order valence-corrected chi connectivity index (χ4v) is 3.10. The van der Waals surface area contributed by atoms with E-state index in [4.69, 9.17) is 25.8 Å². The van der Waals surface area contributed by atoms with E-state index in [9.17, 15) is 14.9 Å². The minimum atomic E-state index is -0.623. The van der Waals surface area contributed by atoms with Gasteiger partial charge >= 0.3 is 5.97 Å². The van der Waals surface area contributed by atoms with Gasteiger partial charge in [-0.05, 0) is 35.9 Å². The highest BCUT2D eigenvalue weighted by Crippen LogP contribution is 2.30. The molecule has 0 saturated carbocycles. The summed E-state index contributed by atoms with van der Waals surface area (Å²) in [6.07, 6.45) is 1.47. The number of nitriles is 1. The summed E-state index contributed by atoms with van der Waals surface area (Å²) in [5, 5.41) is 9.71. The molecule has 0 unspecified atom stereocenters. The van der Waals surface area contributed by atoms with E-state index in [1.807, 2.05) is 6.07 Å². The summed E-state index contributed by atoms with van der Waals surface area (Å²) in [6.45, 7) is 1.78. The lowest BCUT2D eigenvalue weighted by atomic mass is 10.1. The van der Waals surface area contributed by atoms with E-state index in [-0.39, 0.29) is 33.6 Å². The van der Waals surface area contributed by atoms with Gasteiger partial charge < -0.3 is 19.1 Å². The molecule has 1 saturated heterocycles. The van der Waals surface area contributed by atoms with Crippen LogP contribution in [0, 0.1) is 11.3 Å². The summed E-state index contributed by atoms with van der Waals surface area (Å²) in [5.74, 6) is -0.505. The Labute approximate surface area is 179 Å². The molecule has 0 spiro atoms. The first-order valence-corrected chi connectivity index (χ1v) is 9.55. The summed E-state index contributed by atoms with van der Waals surface area (Å²) in [7, 11) is 1.43. The van der Waals surface area contributed by atoms with Crippen LogP contribution in [-0.4, -0.2) is 50.2 Å². The quantitative estimate of drug-likeness (QED) is 0.315. The van der Waals surface area contributed by atoms with Crippen LogP contribution in [-0.2, 0) is 9.53 Å². The molecule has 2 aromatic rings. The number of carbonyl (C=O) groups excluding carboxylic acids is 2. The van der Waals surface area contributed by atoms with Crippen molar-refractivity contribution in [3.05, 3.63) is 64.2 Å². The molecule has 1 fully saturated rings. The average molecular weight is 427 g/mol. The first-order valence-electron chi connectivity index (χ1n) is 9.17. The Hall–Kier alpha value is -3.34. The van der Waals surface area contributed by atoms with Crippen molar-refractivity contribution >= 4 is 29.6 Å². The second kappa shape index (κ2) is 9.92. The normalized spacial score (nSPS) is 14.0. The molecule has 0 N–H and O–H groups in total. The molecule has 0 atom stereocenters. The van der Waals surface area contributed by atoms with Crippen molar-refractivity contribution in [2.24, 2.45) is 0 Å². The van der Waals surface area contributed by atoms with Crippen molar-refractivity contribution in [1.82, 2.24) is 4.90 Å². The Balaban J connectivity index is 1.81. The zero-order chi connectivity index (χ0) is 21.5. The zero-order valence-corrected chi connectivity index (χ0v) is 17.0. The molecule has 30 heavy (non-hydrogen) atoms. The van der Waals surface area contributed by atoms with E-state index < -0.39 is 5.97 Å². The molecule has 2 aromatic carbocycles. The van der Waals surface area contributed by atoms with Crippen LogP contribution in [0.1, 0.15) is 15.9 Å². The lowest BCUT2D eigenvalue weighted by Gasteiger charge is -2.26. The topological polar surface area (TPSA) is 88.9 Å². The van der Waals surface area contributed by atoms with Gasteiger partial charge in [0.25, 0.3) is 5.91 Å². The standard InChI is InChI=1S/C22H19ClN2O5/c1-28-20-13-15(12-16(14-24)21(26)25-8-10-29-11-9-25)6-7-19(20)30-22(27)17-4-2-3-5-18(17)23/h2-7,12-13H,8-11H2,1H3/b16-12+. The number of hydrogen-bond acceptors (Lipinski definition) is 6. The number of ether oxygens (including phenoxy) is 3. The Kier molecular flexibility index (Phi) is 7.07. The largest absolute Gasteiger partial charge is 0.493 e. The second-order valence-corrected chi connectivity index (χ2v) is 6.76. The predicted molar refractivity (Wildman–Crippen MR) is 110 cm³/mol. The summed E-state index contributed by atoms with van der Waals surface area (Å²) >= 11 is 6.04. The van der Waals surface area contributed by atoms with Gasteiger partial charge in [-0.1, -0.05) is 29.8 Å². The molecule has 0 bridgehead atoms. The van der Waals surface area contributed by atoms with Crippen LogP contribution >= 0.6 is 11.6 Å². The first-order chi connectivity index (χ1) is 14.5. The van der Waals surface area contributed by atoms with Crippen LogP contribution in [0.4, 0.5) is 0 Å². The second-order valence-electron chi connectivity index (χ2n) is 6.35. The number of benzene rings is 2. The average Bonchev–Trinajstić information content (AvgIpc) is 2.78. The van der Waals surface area contributed by atoms with Gasteiger partial charge in [0.1, 0.15) is 11.6 Å². The number of nitrogens with zero attached hydrogens (tertiary/aromatic N) is 2. The SMILES string of the molecule is COc1cc(/C=C(\C#N)C(=O)N2CCOCC2)ccc1OC(=O)c1ccccc1Cl. The molecule has 154 valence electrons. The molecule has 1 aliphatic rings. The third kappa shape index (κ3) is 4.98. The van der Waals surface area contributed by atoms with Gasteiger partial charge in [-0.3, -0.25) is 4.79 Å². The third-order valence-electron chi connectivity index (χ3n) is 4.44. The zero-order valence-electron chi connectivity index (χ0n) is 16.3. The van der Waals surface area contributed by atoms with Crippen LogP contribution < -0.4 is 9.47 Å². The minimum Gasteiger partial charge on any atom is -0.493 e. The Morgan fingerprint density at radius 3 is 2.57 bits per heavy atom. The summed E-state index contributed by atoms with van der Waals surface area (Å²) < 4.78 is 16.0. The van der Waals surface area contributed by atoms with Crippen LogP contribution in [0.2, 0.25) is 5.02 Å². The highest BCUT2D eigenvalue weighted by molar-refractivity contribution is 6.33. The van der Waals surface area contributed by atoms with Gasteiger partial charge in [-0.25, -0.2) is 4.79 Å². The number of amides is 1. The number of morpholine rings is 1. The van der Waals surface area contributed by atoms with Crippen molar-refractivity contribution in [3.63, 3.8) is 0 Å². The van der Waals surface area contributed by atoms with Crippen LogP contribution in [0.5, 0.6) is 11.5 Å². The monoisotopic (exact) mass is 426 g/mol. The van der Waals surface area contributed by atoms with Crippen molar-refractivity contribution in [2.45, 2.75) is 0 Å². The molecule has 0 radical (unpaired) electrons. The number of carbonyl (C=O) groups is 2. The van der Waals surface area contributed by atoms with Crippen LogP contribution in [0.3, 0.4) is 0 Å². The Morgan fingerprint density at radius 2 is 1.90 bits per heavy atom. The maximum atomic E-state index is 12.6. The summed E-state index contributed by atoms with van der Waals surface area (Å²) in [4.78, 5) is 26.5. The molecule has 8 heteroatoms. The van der Waals surface area contributed by atoms with E-state index in [1.165, 1.54) is 19.3 Å². The van der Waals surface area contributed by atoms with Crippen molar-refractivity contribution in [1.29, 1.82) is 5.26 Å². The fraction of sp³-hybridized carbons (Fsp3) is 0.227. The summed E-state index contributed by atoms with van der Waals surface area (Å²) in [6, 6.07) is 13.2. The molecule has 3 rings (SSSR count). The maximum Gasteiger partial charge on any atom is 0.345 e. The minimum absolute atomic E-state index is 0.000217. The van der Waals surface area contributed by atoms with E-state index >= 15 is 0 Å². The van der Waals surface area contributed by atoms with E-state index in [2.05, 4.69) is 0 Å². The predicted octanol–water partition coefficient (Wildman–Crippen LogP) is 3.33. The van der Waals surface area contributed by atoms with Gasteiger partial charge in [-0.15, -0.1) is 0 Å². The number of rotatable bonds is 5. The molecule has 0 aliphatic carbocycles. The molecular formula is C22H19ClN2O5. The van der Waals surface area contributed by atoms with E-state index in [1.54, 1.807) is 41.3 Å². The number of esters is 1. The van der Waals surface area contributed by atoms with E-state index in [0.29, 0.717) is 31.9 Å². The smallest absolute Gasteiger partial charge is 0.345 e. The first kappa shape index (κ1) is 21.4. The lowest BCUT2D eigenvalue weighted by molar-refractivity contribution is -0.130. The summed E-state index contributed by atoms with van der Waals surface area (Å²) in [5.41, 5.74) is 0.787. The molecule has 1 heterocycles. The third-order valence-corrected chi connectivity index (χ3v) is 4.77. The van der Waals surface area contributed by atoms with Gasteiger partial charge in [0.2, 0.25) is 0 Å². The van der Waals surface area contributed by atoms with Crippen LogP contribution in [0.25, 0.3) is 6.08 Å². The maximum absolute atomic E-state index is 12.6. The lowest BCUT2D eigenvalue weighted by Crippen LogP contribution is -2.41. The molecule has 1 amide bonds. The van der Waals surface area contributed by atoms with Crippen LogP contribution in [0.15, 0.2) is 48.0 Å². The molecule has 0 aromatic heterocycles. The molecule has 7 nitrogen and oxygen atoms in total. The van der Waals surface area contributed by atoms with Gasteiger partial charge in [0.05, 0.1) is 30.9 Å². The number of methoxy groups -OCH3 is 1. The van der Waals surface area contributed by atoms with Gasteiger partial charge in [0, 0.05) is 13.1 Å². The van der Waals surface area contributed by atoms with E-state index in [0.717, 1.165) is 0 Å². The fourth-order valence-electron chi connectivity index (χ4n) is 2.89. The number of hydrogen-bond donors (Lipinski definition) is 0. The highest BCUT2D eigenvalue weighted by Gasteiger charge is 2.21. The van der Waals surface area contributed by atoms with Gasteiger partial charge in [0.15, 0.2) is 11.5 Å². The molecular weight excluding hydrogens is 408 g/mol. The van der Waals surface area contributed by atoms with Crippen molar-refractivity contribution in [3.8, 4) is 17.6 Å². The Bertz CT molecular complexity index is 1020. The molecule has 1 aliphatic heterocycles. The van der Waals surface area contributed by atoms with Crippen molar-refractivity contribution in [2.75, 3.05) is 33.4 Å². The van der Waals surface area contributed by atoms with Crippen molar-refractivity contribution < 1.29 is 23.8 Å². The highest BCUT2D eigenvalue weighted by atomic mass is 35.5. The van der Waals surface area contributed by atoms with Gasteiger partial charge in [-0.2, -0.15) is 5.26 Å². The number of halogens is 1.